The van der Waals surface area contributed by atoms with Crippen LogP contribution < -0.4 is 5.32 Å². The molecule has 30 heavy (non-hydrogen) atoms. The first-order valence-electron chi connectivity index (χ1n) is 11.3. The summed E-state index contributed by atoms with van der Waals surface area (Å²) in [5, 5.41) is 3.64. The zero-order valence-corrected chi connectivity index (χ0v) is 19.3. The molecule has 1 atom stereocenters. The molecule has 0 amide bonds. The molecule has 0 aliphatic heterocycles. The number of hydrogen-bond acceptors (Lipinski definition) is 1. The quantitative estimate of drug-likeness (QED) is 0.411. The summed E-state index contributed by atoms with van der Waals surface area (Å²) < 4.78 is 0. The monoisotopic (exact) mass is 399 g/mol. The van der Waals surface area contributed by atoms with Crippen LogP contribution >= 0.6 is 0 Å². The van der Waals surface area contributed by atoms with E-state index >= 15 is 0 Å². The highest BCUT2D eigenvalue weighted by Crippen LogP contribution is 2.32. The molecule has 1 nitrogen and oxygen atoms in total. The Kier molecular flexibility index (Phi) is 7.50. The van der Waals surface area contributed by atoms with Crippen LogP contribution in [0.3, 0.4) is 0 Å². The molecule has 3 rings (SSSR count). The third-order valence-electron chi connectivity index (χ3n) is 6.03. The minimum Gasteiger partial charge on any atom is -0.310 e. The fraction of sp³-hybridized carbons (Fsp3) is 0.379. The zero-order valence-electron chi connectivity index (χ0n) is 19.3. The highest BCUT2D eigenvalue weighted by molar-refractivity contribution is 5.40. The third-order valence-corrected chi connectivity index (χ3v) is 6.03. The van der Waals surface area contributed by atoms with Crippen LogP contribution in [0, 0.1) is 5.92 Å². The topological polar surface area (TPSA) is 12.0 Å². The Bertz CT molecular complexity index is 889. The van der Waals surface area contributed by atoms with E-state index in [9.17, 15) is 0 Å². The van der Waals surface area contributed by atoms with Crippen LogP contribution in [0.5, 0.6) is 0 Å². The molecular formula is C29H37N. The Labute approximate surface area is 183 Å². The fourth-order valence-corrected chi connectivity index (χ4v) is 4.07. The Morgan fingerprint density at radius 1 is 0.633 bits per heavy atom. The largest absolute Gasteiger partial charge is 0.310 e. The summed E-state index contributed by atoms with van der Waals surface area (Å²) in [6.07, 6.45) is 2.18. The van der Waals surface area contributed by atoms with Crippen molar-refractivity contribution in [1.82, 2.24) is 5.32 Å². The second kappa shape index (κ2) is 10.1. The molecule has 1 heteroatoms. The van der Waals surface area contributed by atoms with Gasteiger partial charge in [0.25, 0.3) is 0 Å². The number of benzene rings is 3. The van der Waals surface area contributed by atoms with E-state index in [-0.39, 0.29) is 5.41 Å². The Morgan fingerprint density at radius 2 is 1.13 bits per heavy atom. The molecule has 0 fully saturated rings. The number of nitrogens with one attached hydrogen (secondary N) is 1. The third kappa shape index (κ3) is 6.06. The lowest BCUT2D eigenvalue weighted by Gasteiger charge is -2.27. The van der Waals surface area contributed by atoms with Gasteiger partial charge in [0.15, 0.2) is 0 Å². The Hall–Kier alpha value is -2.38. The van der Waals surface area contributed by atoms with Gasteiger partial charge in [0.1, 0.15) is 0 Å². The lowest BCUT2D eigenvalue weighted by molar-refractivity contribution is 0.545. The van der Waals surface area contributed by atoms with Crippen molar-refractivity contribution in [2.24, 2.45) is 5.92 Å². The average molecular weight is 400 g/mol. The van der Waals surface area contributed by atoms with Crippen molar-refractivity contribution in [3.8, 4) is 0 Å². The van der Waals surface area contributed by atoms with E-state index in [4.69, 9.17) is 0 Å². The van der Waals surface area contributed by atoms with E-state index in [1.165, 1.54) is 27.8 Å². The van der Waals surface area contributed by atoms with E-state index in [1.54, 1.807) is 0 Å². The van der Waals surface area contributed by atoms with Crippen molar-refractivity contribution >= 4 is 0 Å². The van der Waals surface area contributed by atoms with E-state index in [2.05, 4.69) is 119 Å². The molecule has 0 saturated carbocycles. The summed E-state index contributed by atoms with van der Waals surface area (Å²) in [6, 6.07) is 29.5. The van der Waals surface area contributed by atoms with Gasteiger partial charge in [0.05, 0.1) is 0 Å². The average Bonchev–Trinajstić information content (AvgIpc) is 2.73. The molecule has 0 bridgehead atoms. The van der Waals surface area contributed by atoms with Gasteiger partial charge >= 0.3 is 0 Å². The summed E-state index contributed by atoms with van der Waals surface area (Å²) in [4.78, 5) is 0. The van der Waals surface area contributed by atoms with Crippen LogP contribution in [0.2, 0.25) is 0 Å². The van der Waals surface area contributed by atoms with Crippen LogP contribution in [0.4, 0.5) is 0 Å². The van der Waals surface area contributed by atoms with Crippen LogP contribution in [0.25, 0.3) is 0 Å². The van der Waals surface area contributed by atoms with Gasteiger partial charge in [-0.05, 0) is 53.5 Å². The first-order valence-corrected chi connectivity index (χ1v) is 11.3. The molecule has 0 aliphatic carbocycles. The van der Waals surface area contributed by atoms with Crippen molar-refractivity contribution < 1.29 is 0 Å². The van der Waals surface area contributed by atoms with E-state index in [0.29, 0.717) is 12.0 Å². The van der Waals surface area contributed by atoms with Crippen LogP contribution in [-0.4, -0.2) is 6.04 Å². The molecule has 3 aromatic carbocycles. The zero-order chi connectivity index (χ0) is 21.6. The molecule has 158 valence electrons. The van der Waals surface area contributed by atoms with Crippen molar-refractivity contribution in [3.63, 3.8) is 0 Å². The standard InChI is InChI=1S/C29H37N/c1-22(2)19-24-11-15-27(16-12-24)29(4,5)28-17-13-25(14-18-28)20-23(3)30-21-26-9-7-6-8-10-26/h6-18,22-23,30H,19-21H2,1-5H3. The predicted octanol–water partition coefficient (Wildman–Crippen LogP) is 6.93. The van der Waals surface area contributed by atoms with Gasteiger partial charge in [0.2, 0.25) is 0 Å². The smallest absolute Gasteiger partial charge is 0.0208 e. The molecule has 1 unspecified atom stereocenters. The van der Waals surface area contributed by atoms with E-state index in [0.717, 1.165) is 19.4 Å². The first-order chi connectivity index (χ1) is 14.3. The normalized spacial score (nSPS) is 12.9. The molecule has 1 N–H and O–H groups in total. The molecule has 0 radical (unpaired) electrons. The van der Waals surface area contributed by atoms with Crippen molar-refractivity contribution in [1.29, 1.82) is 0 Å². The van der Waals surface area contributed by atoms with Gasteiger partial charge < -0.3 is 5.32 Å². The summed E-state index contributed by atoms with van der Waals surface area (Å²) in [5.41, 5.74) is 6.90. The highest BCUT2D eigenvalue weighted by atomic mass is 14.9. The lowest BCUT2D eigenvalue weighted by atomic mass is 9.77. The molecule has 0 spiro atoms. The molecule has 0 aliphatic rings. The van der Waals surface area contributed by atoms with Gasteiger partial charge in [-0.15, -0.1) is 0 Å². The minimum atomic E-state index is 0.00602. The lowest BCUT2D eigenvalue weighted by Crippen LogP contribution is -2.27. The van der Waals surface area contributed by atoms with E-state index < -0.39 is 0 Å². The van der Waals surface area contributed by atoms with Gasteiger partial charge in [-0.2, -0.15) is 0 Å². The van der Waals surface area contributed by atoms with Crippen LogP contribution in [0.15, 0.2) is 78.9 Å². The van der Waals surface area contributed by atoms with Crippen molar-refractivity contribution in [3.05, 3.63) is 107 Å². The highest BCUT2D eigenvalue weighted by Gasteiger charge is 2.23. The van der Waals surface area contributed by atoms with Crippen molar-refractivity contribution in [2.45, 2.75) is 65.5 Å². The second-order valence-electron chi connectivity index (χ2n) is 9.59. The van der Waals surface area contributed by atoms with Gasteiger partial charge in [-0.3, -0.25) is 0 Å². The van der Waals surface area contributed by atoms with Gasteiger partial charge in [-0.1, -0.05) is 107 Å². The van der Waals surface area contributed by atoms with Crippen LogP contribution in [-0.2, 0) is 24.8 Å². The number of hydrogen-bond donors (Lipinski definition) is 1. The number of rotatable bonds is 9. The Balaban J connectivity index is 1.61. The summed E-state index contributed by atoms with van der Waals surface area (Å²) in [7, 11) is 0. The second-order valence-corrected chi connectivity index (χ2v) is 9.59. The van der Waals surface area contributed by atoms with Crippen molar-refractivity contribution in [2.75, 3.05) is 0 Å². The molecule has 0 heterocycles. The summed E-state index contributed by atoms with van der Waals surface area (Å²) in [5.74, 6) is 0.695. The maximum absolute atomic E-state index is 3.64. The van der Waals surface area contributed by atoms with E-state index in [1.807, 2.05) is 0 Å². The summed E-state index contributed by atoms with van der Waals surface area (Å²) >= 11 is 0. The molecule has 0 aromatic heterocycles. The first kappa shape index (κ1) is 22.3. The predicted molar refractivity (Wildman–Crippen MR) is 130 cm³/mol. The maximum atomic E-state index is 3.64. The molecule has 0 saturated heterocycles. The summed E-state index contributed by atoms with van der Waals surface area (Å²) in [6.45, 7) is 12.4. The Morgan fingerprint density at radius 3 is 1.63 bits per heavy atom. The molecule has 3 aromatic rings. The minimum absolute atomic E-state index is 0.00602. The van der Waals surface area contributed by atoms with Gasteiger partial charge in [0, 0.05) is 18.0 Å². The molecular weight excluding hydrogens is 362 g/mol. The fourth-order valence-electron chi connectivity index (χ4n) is 4.07. The maximum Gasteiger partial charge on any atom is 0.0208 e. The van der Waals surface area contributed by atoms with Gasteiger partial charge in [-0.25, -0.2) is 0 Å². The van der Waals surface area contributed by atoms with Crippen LogP contribution in [0.1, 0.15) is 62.4 Å². The SMILES string of the molecule is CC(C)Cc1ccc(C(C)(C)c2ccc(CC(C)NCc3ccccc3)cc2)cc1.